The van der Waals surface area contributed by atoms with E-state index in [0.29, 0.717) is 11.6 Å². The second kappa shape index (κ2) is 4.95. The van der Waals surface area contributed by atoms with Gasteiger partial charge in [-0.3, -0.25) is 0 Å². The minimum atomic E-state index is 0.553. The van der Waals surface area contributed by atoms with Crippen LogP contribution >= 0.6 is 0 Å². The van der Waals surface area contributed by atoms with E-state index in [1.54, 1.807) is 12.3 Å². The van der Waals surface area contributed by atoms with Gasteiger partial charge in [0.1, 0.15) is 5.82 Å². The van der Waals surface area contributed by atoms with E-state index in [4.69, 9.17) is 5.26 Å². The van der Waals surface area contributed by atoms with Crippen molar-refractivity contribution in [3.05, 3.63) is 23.9 Å². The third-order valence-electron chi connectivity index (χ3n) is 2.92. The Kier molecular flexibility index (Phi) is 3.37. The first-order valence-corrected chi connectivity index (χ1v) is 5.60. The highest BCUT2D eigenvalue weighted by Crippen LogP contribution is 2.13. The number of likely N-dealkylation sites (N-methyl/N-ethyl adjacent to an activating group) is 1. The van der Waals surface area contributed by atoms with Gasteiger partial charge in [-0.05, 0) is 31.5 Å². The normalized spacial score (nSPS) is 19.4. The standard InChI is InChI=1S/C12H16N4/c1-16(9-11-3-2-5-14-11)12-7-10(8-13)4-6-15-12/h4,6-7,11,14H,2-3,5,9H2,1H3/t11-/m0/s1. The molecule has 1 aliphatic heterocycles. The molecule has 0 amide bonds. The van der Waals surface area contributed by atoms with Crippen molar-refractivity contribution in [1.82, 2.24) is 10.3 Å². The molecule has 0 saturated carbocycles. The van der Waals surface area contributed by atoms with Crippen LogP contribution in [0, 0.1) is 11.3 Å². The van der Waals surface area contributed by atoms with Crippen LogP contribution in [0.2, 0.25) is 0 Å². The summed E-state index contributed by atoms with van der Waals surface area (Å²) in [5.41, 5.74) is 0.663. The molecule has 1 aromatic rings. The number of hydrogen-bond acceptors (Lipinski definition) is 4. The van der Waals surface area contributed by atoms with E-state index in [2.05, 4.69) is 21.3 Å². The Balaban J connectivity index is 2.02. The topological polar surface area (TPSA) is 52.0 Å². The molecule has 0 spiro atoms. The average molecular weight is 216 g/mol. The number of hydrogen-bond donors (Lipinski definition) is 1. The van der Waals surface area contributed by atoms with Gasteiger partial charge in [-0.25, -0.2) is 4.98 Å². The SMILES string of the molecule is CN(C[C@@H]1CCCN1)c1cc(C#N)ccn1. The van der Waals surface area contributed by atoms with Gasteiger partial charge in [-0.1, -0.05) is 0 Å². The van der Waals surface area contributed by atoms with Crippen LogP contribution in [0.25, 0.3) is 0 Å². The van der Waals surface area contributed by atoms with Crippen molar-refractivity contribution < 1.29 is 0 Å². The molecular formula is C12H16N4. The Hall–Kier alpha value is -1.60. The van der Waals surface area contributed by atoms with E-state index in [1.165, 1.54) is 12.8 Å². The minimum absolute atomic E-state index is 0.553. The van der Waals surface area contributed by atoms with Gasteiger partial charge >= 0.3 is 0 Å². The van der Waals surface area contributed by atoms with E-state index in [1.807, 2.05) is 13.1 Å². The summed E-state index contributed by atoms with van der Waals surface area (Å²) in [5.74, 6) is 0.868. The van der Waals surface area contributed by atoms with Gasteiger partial charge in [0.15, 0.2) is 0 Å². The Morgan fingerprint density at radius 2 is 2.56 bits per heavy atom. The first-order valence-electron chi connectivity index (χ1n) is 5.60. The summed E-state index contributed by atoms with van der Waals surface area (Å²) in [6.07, 6.45) is 4.17. The van der Waals surface area contributed by atoms with Crippen LogP contribution < -0.4 is 10.2 Å². The fourth-order valence-corrected chi connectivity index (χ4v) is 2.03. The molecule has 2 heterocycles. The summed E-state index contributed by atoms with van der Waals surface area (Å²) < 4.78 is 0. The van der Waals surface area contributed by atoms with Gasteiger partial charge < -0.3 is 10.2 Å². The molecule has 2 rings (SSSR count). The van der Waals surface area contributed by atoms with Crippen LogP contribution in [0.1, 0.15) is 18.4 Å². The summed E-state index contributed by atoms with van der Waals surface area (Å²) in [5, 5.41) is 12.3. The maximum absolute atomic E-state index is 8.82. The zero-order valence-electron chi connectivity index (χ0n) is 9.48. The highest BCUT2D eigenvalue weighted by Gasteiger charge is 2.16. The molecule has 0 aromatic carbocycles. The van der Waals surface area contributed by atoms with Gasteiger partial charge in [-0.15, -0.1) is 0 Å². The van der Waals surface area contributed by atoms with Gasteiger partial charge in [0, 0.05) is 25.8 Å². The van der Waals surface area contributed by atoms with Gasteiger partial charge in [0.2, 0.25) is 0 Å². The summed E-state index contributed by atoms with van der Waals surface area (Å²) in [6, 6.07) is 6.24. The molecule has 16 heavy (non-hydrogen) atoms. The zero-order valence-corrected chi connectivity index (χ0v) is 9.48. The van der Waals surface area contributed by atoms with Crippen LogP contribution in [-0.4, -0.2) is 31.2 Å². The average Bonchev–Trinajstić information content (AvgIpc) is 2.82. The molecule has 1 fully saturated rings. The lowest BCUT2D eigenvalue weighted by molar-refractivity contribution is 0.597. The van der Waals surface area contributed by atoms with E-state index in [0.717, 1.165) is 18.9 Å². The van der Waals surface area contributed by atoms with Crippen molar-refractivity contribution >= 4 is 5.82 Å². The third-order valence-corrected chi connectivity index (χ3v) is 2.92. The molecule has 4 heteroatoms. The molecule has 4 nitrogen and oxygen atoms in total. The number of rotatable bonds is 3. The van der Waals surface area contributed by atoms with Gasteiger partial charge in [-0.2, -0.15) is 5.26 Å². The molecule has 0 bridgehead atoms. The number of nitrogens with zero attached hydrogens (tertiary/aromatic N) is 3. The number of nitriles is 1. The predicted molar refractivity (Wildman–Crippen MR) is 63.2 cm³/mol. The first-order chi connectivity index (χ1) is 7.79. The van der Waals surface area contributed by atoms with E-state index >= 15 is 0 Å². The Labute approximate surface area is 95.9 Å². The molecule has 1 atom stereocenters. The lowest BCUT2D eigenvalue weighted by atomic mass is 10.2. The Bertz CT molecular complexity index is 390. The van der Waals surface area contributed by atoms with Gasteiger partial charge in [0.05, 0.1) is 11.6 Å². The summed E-state index contributed by atoms with van der Waals surface area (Å²) in [7, 11) is 2.02. The fraction of sp³-hybridized carbons (Fsp3) is 0.500. The van der Waals surface area contributed by atoms with E-state index in [9.17, 15) is 0 Å². The fourth-order valence-electron chi connectivity index (χ4n) is 2.03. The van der Waals surface area contributed by atoms with Crippen molar-refractivity contribution in [2.45, 2.75) is 18.9 Å². The molecule has 1 N–H and O–H groups in total. The third kappa shape index (κ3) is 2.50. The second-order valence-electron chi connectivity index (χ2n) is 4.19. The maximum atomic E-state index is 8.82. The van der Waals surface area contributed by atoms with Crippen LogP contribution in [0.15, 0.2) is 18.3 Å². The Morgan fingerprint density at radius 3 is 3.25 bits per heavy atom. The predicted octanol–water partition coefficient (Wildman–Crippen LogP) is 1.14. The van der Waals surface area contributed by atoms with Crippen LogP contribution in [-0.2, 0) is 0 Å². The molecule has 0 unspecified atom stereocenters. The van der Waals surface area contributed by atoms with Crippen LogP contribution in [0.5, 0.6) is 0 Å². The van der Waals surface area contributed by atoms with Crippen LogP contribution in [0.4, 0.5) is 5.82 Å². The molecular weight excluding hydrogens is 200 g/mol. The number of anilines is 1. The molecule has 1 aliphatic rings. The smallest absolute Gasteiger partial charge is 0.129 e. The summed E-state index contributed by atoms with van der Waals surface area (Å²) in [6.45, 7) is 2.06. The van der Waals surface area contributed by atoms with Crippen molar-refractivity contribution in [3.8, 4) is 6.07 Å². The number of pyridine rings is 1. The van der Waals surface area contributed by atoms with Gasteiger partial charge in [0.25, 0.3) is 0 Å². The second-order valence-corrected chi connectivity index (χ2v) is 4.19. The zero-order chi connectivity index (χ0) is 11.4. The lowest BCUT2D eigenvalue weighted by Gasteiger charge is -2.22. The lowest BCUT2D eigenvalue weighted by Crippen LogP contribution is -2.35. The van der Waals surface area contributed by atoms with Crippen molar-refractivity contribution in [2.24, 2.45) is 0 Å². The van der Waals surface area contributed by atoms with Crippen molar-refractivity contribution in [3.63, 3.8) is 0 Å². The molecule has 0 aliphatic carbocycles. The van der Waals surface area contributed by atoms with E-state index in [-0.39, 0.29) is 0 Å². The Morgan fingerprint density at radius 1 is 1.69 bits per heavy atom. The minimum Gasteiger partial charge on any atom is -0.358 e. The molecule has 1 aromatic heterocycles. The molecule has 0 radical (unpaired) electrons. The summed E-state index contributed by atoms with van der Waals surface area (Å²) in [4.78, 5) is 6.38. The quantitative estimate of drug-likeness (QED) is 0.823. The number of nitrogens with one attached hydrogen (secondary N) is 1. The summed E-state index contributed by atoms with van der Waals surface area (Å²) >= 11 is 0. The monoisotopic (exact) mass is 216 g/mol. The first kappa shape index (κ1) is 10.9. The van der Waals surface area contributed by atoms with Crippen molar-refractivity contribution in [2.75, 3.05) is 25.0 Å². The highest BCUT2D eigenvalue weighted by atomic mass is 15.2. The highest BCUT2D eigenvalue weighted by molar-refractivity contribution is 5.44. The number of aromatic nitrogens is 1. The van der Waals surface area contributed by atoms with E-state index < -0.39 is 0 Å². The molecule has 84 valence electrons. The molecule has 1 saturated heterocycles. The van der Waals surface area contributed by atoms with Crippen molar-refractivity contribution in [1.29, 1.82) is 5.26 Å². The van der Waals surface area contributed by atoms with Crippen LogP contribution in [0.3, 0.4) is 0 Å². The largest absolute Gasteiger partial charge is 0.358 e. The maximum Gasteiger partial charge on any atom is 0.129 e.